The van der Waals surface area contributed by atoms with Crippen LogP contribution in [0, 0.1) is 23.4 Å². The van der Waals surface area contributed by atoms with Gasteiger partial charge < -0.3 is 9.80 Å². The van der Waals surface area contributed by atoms with Crippen molar-refractivity contribution in [2.75, 3.05) is 24.5 Å². The maximum atomic E-state index is 14.1. The molecule has 1 saturated heterocycles. The second-order valence-electron chi connectivity index (χ2n) is 7.55. The molecule has 0 aliphatic carbocycles. The minimum Gasteiger partial charge on any atom is -0.339 e. The van der Waals surface area contributed by atoms with E-state index in [4.69, 9.17) is 0 Å². The Labute approximate surface area is 166 Å². The van der Waals surface area contributed by atoms with E-state index in [2.05, 4.69) is 0 Å². The van der Waals surface area contributed by atoms with Crippen LogP contribution in [0.5, 0.6) is 0 Å². The van der Waals surface area contributed by atoms with E-state index >= 15 is 0 Å². The first kappa shape index (κ1) is 19.5. The number of halogens is 3. The number of rotatable bonds is 2. The highest BCUT2D eigenvalue weighted by atomic mass is 19.1. The van der Waals surface area contributed by atoms with Crippen molar-refractivity contribution >= 4 is 17.5 Å². The molecule has 152 valence electrons. The minimum absolute atomic E-state index is 0.148. The second kappa shape index (κ2) is 7.89. The van der Waals surface area contributed by atoms with Gasteiger partial charge in [-0.2, -0.15) is 0 Å². The van der Waals surface area contributed by atoms with Crippen LogP contribution < -0.4 is 4.90 Å². The SMILES string of the molecule is O=C(c1ccc(F)cc1)N1CCC(C(=O)N2CCCc3c(F)cc(F)cc32)CC1. The molecule has 0 saturated carbocycles. The molecular formula is C22H21F3N2O2. The van der Waals surface area contributed by atoms with Crippen molar-refractivity contribution in [3.05, 3.63) is 65.0 Å². The van der Waals surface area contributed by atoms with Gasteiger partial charge in [-0.05, 0) is 56.0 Å². The van der Waals surface area contributed by atoms with Gasteiger partial charge >= 0.3 is 0 Å². The number of likely N-dealkylation sites (tertiary alicyclic amines) is 1. The largest absolute Gasteiger partial charge is 0.339 e. The van der Waals surface area contributed by atoms with E-state index in [-0.39, 0.29) is 17.7 Å². The zero-order chi connectivity index (χ0) is 20.5. The quantitative estimate of drug-likeness (QED) is 0.764. The number of piperidine rings is 1. The maximum Gasteiger partial charge on any atom is 0.253 e. The predicted molar refractivity (Wildman–Crippen MR) is 102 cm³/mol. The fourth-order valence-corrected chi connectivity index (χ4v) is 4.17. The Balaban J connectivity index is 1.44. The number of hydrogen-bond donors (Lipinski definition) is 0. The van der Waals surface area contributed by atoms with Gasteiger partial charge in [0.2, 0.25) is 5.91 Å². The van der Waals surface area contributed by atoms with Crippen LogP contribution in [-0.4, -0.2) is 36.3 Å². The second-order valence-corrected chi connectivity index (χ2v) is 7.55. The van der Waals surface area contributed by atoms with Crippen molar-refractivity contribution in [1.29, 1.82) is 0 Å². The molecule has 4 rings (SSSR count). The molecule has 0 spiro atoms. The number of benzene rings is 2. The molecule has 29 heavy (non-hydrogen) atoms. The van der Waals surface area contributed by atoms with Crippen LogP contribution in [0.2, 0.25) is 0 Å². The fraction of sp³-hybridized carbons (Fsp3) is 0.364. The number of carbonyl (C=O) groups excluding carboxylic acids is 2. The monoisotopic (exact) mass is 402 g/mol. The molecule has 2 amide bonds. The number of anilines is 1. The lowest BCUT2D eigenvalue weighted by atomic mass is 9.92. The third-order valence-corrected chi connectivity index (χ3v) is 5.72. The molecule has 2 aromatic carbocycles. The summed E-state index contributed by atoms with van der Waals surface area (Å²) in [6, 6.07) is 7.46. The molecule has 0 N–H and O–H groups in total. The van der Waals surface area contributed by atoms with Crippen LogP contribution in [0.3, 0.4) is 0 Å². The molecule has 2 aliphatic rings. The normalized spacial score (nSPS) is 17.2. The zero-order valence-corrected chi connectivity index (χ0v) is 15.8. The van der Waals surface area contributed by atoms with Gasteiger partial charge in [0.05, 0.1) is 5.69 Å². The number of amides is 2. The summed E-state index contributed by atoms with van der Waals surface area (Å²) in [4.78, 5) is 28.8. The number of carbonyl (C=O) groups is 2. The predicted octanol–water partition coefficient (Wildman–Crippen LogP) is 3.94. The van der Waals surface area contributed by atoms with E-state index in [9.17, 15) is 22.8 Å². The van der Waals surface area contributed by atoms with Crippen molar-refractivity contribution in [3.63, 3.8) is 0 Å². The van der Waals surface area contributed by atoms with Crippen molar-refractivity contribution in [2.24, 2.45) is 5.92 Å². The smallest absolute Gasteiger partial charge is 0.253 e. The lowest BCUT2D eigenvalue weighted by Crippen LogP contribution is -2.46. The van der Waals surface area contributed by atoms with Gasteiger partial charge in [0.1, 0.15) is 17.5 Å². The highest BCUT2D eigenvalue weighted by molar-refractivity contribution is 5.97. The molecule has 0 unspecified atom stereocenters. The molecule has 0 aromatic heterocycles. The van der Waals surface area contributed by atoms with Crippen LogP contribution in [0.25, 0.3) is 0 Å². The standard InChI is InChI=1S/C22H21F3N2O2/c23-16-5-3-14(4-6-16)21(28)26-10-7-15(8-11-26)22(29)27-9-1-2-18-19(25)12-17(24)13-20(18)27/h3-6,12-13,15H,1-2,7-11H2. The molecular weight excluding hydrogens is 381 g/mol. The highest BCUT2D eigenvalue weighted by Gasteiger charge is 2.33. The molecule has 1 fully saturated rings. The van der Waals surface area contributed by atoms with E-state index < -0.39 is 17.5 Å². The van der Waals surface area contributed by atoms with E-state index in [1.54, 1.807) is 4.90 Å². The summed E-state index contributed by atoms with van der Waals surface area (Å²) in [5.74, 6) is -2.35. The van der Waals surface area contributed by atoms with Gasteiger partial charge in [0, 0.05) is 42.7 Å². The molecule has 0 atom stereocenters. The number of fused-ring (bicyclic) bond motifs is 1. The Kier molecular flexibility index (Phi) is 5.30. The first-order chi connectivity index (χ1) is 13.9. The highest BCUT2D eigenvalue weighted by Crippen LogP contribution is 2.33. The molecule has 2 aromatic rings. The van der Waals surface area contributed by atoms with E-state index in [1.165, 1.54) is 35.2 Å². The summed E-state index contributed by atoms with van der Waals surface area (Å²) < 4.78 is 40.9. The van der Waals surface area contributed by atoms with E-state index in [0.29, 0.717) is 62.1 Å². The molecule has 0 radical (unpaired) electrons. The molecule has 4 nitrogen and oxygen atoms in total. The first-order valence-electron chi connectivity index (χ1n) is 9.78. The van der Waals surface area contributed by atoms with Crippen LogP contribution in [0.1, 0.15) is 35.2 Å². The Bertz CT molecular complexity index is 938. The van der Waals surface area contributed by atoms with Gasteiger partial charge in [-0.25, -0.2) is 13.2 Å². The first-order valence-corrected chi connectivity index (χ1v) is 9.78. The third-order valence-electron chi connectivity index (χ3n) is 5.72. The van der Waals surface area contributed by atoms with E-state index in [0.717, 1.165) is 6.07 Å². The summed E-state index contributed by atoms with van der Waals surface area (Å²) in [5.41, 5.74) is 1.12. The van der Waals surface area contributed by atoms with E-state index in [1.807, 2.05) is 0 Å². The van der Waals surface area contributed by atoms with Gasteiger partial charge in [-0.1, -0.05) is 0 Å². The Morgan fingerprint density at radius 2 is 1.59 bits per heavy atom. The minimum atomic E-state index is -0.694. The summed E-state index contributed by atoms with van der Waals surface area (Å²) in [5, 5.41) is 0. The molecule has 7 heteroatoms. The summed E-state index contributed by atoms with van der Waals surface area (Å²) in [7, 11) is 0. The Morgan fingerprint density at radius 1 is 0.897 bits per heavy atom. The lowest BCUT2D eigenvalue weighted by molar-refractivity contribution is -0.123. The third kappa shape index (κ3) is 3.86. The average Bonchev–Trinajstić information content (AvgIpc) is 2.73. The van der Waals surface area contributed by atoms with Crippen LogP contribution in [0.4, 0.5) is 18.9 Å². The Hall–Kier alpha value is -2.83. The topological polar surface area (TPSA) is 40.6 Å². The fourth-order valence-electron chi connectivity index (χ4n) is 4.17. The zero-order valence-electron chi connectivity index (χ0n) is 15.8. The van der Waals surface area contributed by atoms with Gasteiger partial charge in [0.15, 0.2) is 0 Å². The molecule has 0 bridgehead atoms. The Morgan fingerprint density at radius 3 is 2.28 bits per heavy atom. The maximum absolute atomic E-state index is 14.1. The lowest BCUT2D eigenvalue weighted by Gasteiger charge is -2.36. The molecule has 2 aliphatic heterocycles. The van der Waals surface area contributed by atoms with Crippen LogP contribution in [-0.2, 0) is 11.2 Å². The van der Waals surface area contributed by atoms with Crippen molar-refractivity contribution in [1.82, 2.24) is 4.90 Å². The van der Waals surface area contributed by atoms with Gasteiger partial charge in [-0.15, -0.1) is 0 Å². The van der Waals surface area contributed by atoms with Gasteiger partial charge in [0.25, 0.3) is 5.91 Å². The van der Waals surface area contributed by atoms with Crippen LogP contribution in [0.15, 0.2) is 36.4 Å². The van der Waals surface area contributed by atoms with Crippen molar-refractivity contribution in [3.8, 4) is 0 Å². The van der Waals surface area contributed by atoms with Gasteiger partial charge in [-0.3, -0.25) is 9.59 Å². The summed E-state index contributed by atoms with van der Waals surface area (Å²) >= 11 is 0. The number of nitrogens with zero attached hydrogens (tertiary/aromatic N) is 2. The average molecular weight is 402 g/mol. The number of hydrogen-bond acceptors (Lipinski definition) is 2. The summed E-state index contributed by atoms with van der Waals surface area (Å²) in [6.45, 7) is 1.25. The van der Waals surface area contributed by atoms with Crippen molar-refractivity contribution < 1.29 is 22.8 Å². The van der Waals surface area contributed by atoms with Crippen LogP contribution >= 0.6 is 0 Å². The summed E-state index contributed by atoms with van der Waals surface area (Å²) in [6.07, 6.45) is 2.07. The molecule has 2 heterocycles. The van der Waals surface area contributed by atoms with Crippen molar-refractivity contribution in [2.45, 2.75) is 25.7 Å².